The van der Waals surface area contributed by atoms with Crippen LogP contribution in [0, 0.1) is 5.92 Å². The van der Waals surface area contributed by atoms with Crippen LogP contribution < -0.4 is 16.8 Å². The van der Waals surface area contributed by atoms with Crippen LogP contribution in [0.4, 0.5) is 0 Å². The van der Waals surface area contributed by atoms with Gasteiger partial charge in [0.2, 0.25) is 11.8 Å². The maximum atomic E-state index is 12.2. The molecule has 1 saturated carbocycles. The first-order chi connectivity index (χ1) is 9.01. The lowest BCUT2D eigenvalue weighted by molar-refractivity contribution is -0.130. The number of ether oxygens (including phenoxy) is 1. The lowest BCUT2D eigenvalue weighted by Crippen LogP contribution is -2.59. The minimum absolute atomic E-state index is 0.0388. The molecule has 2 fully saturated rings. The highest BCUT2D eigenvalue weighted by Crippen LogP contribution is 2.25. The van der Waals surface area contributed by atoms with Gasteiger partial charge in [-0.25, -0.2) is 0 Å². The Kier molecular flexibility index (Phi) is 4.42. The van der Waals surface area contributed by atoms with Gasteiger partial charge in [-0.1, -0.05) is 0 Å². The molecule has 0 aromatic rings. The molecule has 0 unspecified atom stereocenters. The van der Waals surface area contributed by atoms with Gasteiger partial charge in [0.05, 0.1) is 5.54 Å². The van der Waals surface area contributed by atoms with Gasteiger partial charge in [0.15, 0.2) is 0 Å². The first-order valence-corrected chi connectivity index (χ1v) is 6.98. The zero-order valence-electron chi connectivity index (χ0n) is 11.2. The molecule has 6 heteroatoms. The second-order valence-electron chi connectivity index (χ2n) is 5.69. The predicted molar refractivity (Wildman–Crippen MR) is 70.1 cm³/mol. The Morgan fingerprint density at radius 2 is 1.68 bits per heavy atom. The summed E-state index contributed by atoms with van der Waals surface area (Å²) in [4.78, 5) is 23.3. The standard InChI is InChI=1S/C13H23N3O3/c14-11(17)9-1-3-10(4-2-9)16-12(18)13(15)5-7-19-8-6-13/h9-10H,1-8,15H2,(H2,14,17)(H,16,18). The van der Waals surface area contributed by atoms with E-state index in [1.807, 2.05) is 0 Å². The molecule has 0 aromatic heterocycles. The van der Waals surface area contributed by atoms with Gasteiger partial charge in [-0.3, -0.25) is 9.59 Å². The summed E-state index contributed by atoms with van der Waals surface area (Å²) in [5.74, 6) is -0.356. The van der Waals surface area contributed by atoms with Crippen LogP contribution >= 0.6 is 0 Å². The maximum Gasteiger partial charge on any atom is 0.240 e. The van der Waals surface area contributed by atoms with Gasteiger partial charge in [0, 0.05) is 25.2 Å². The summed E-state index contributed by atoms with van der Waals surface area (Å²) in [5.41, 5.74) is 10.6. The fourth-order valence-corrected chi connectivity index (χ4v) is 2.81. The average molecular weight is 269 g/mol. The third-order valence-electron chi connectivity index (χ3n) is 4.30. The molecule has 1 aliphatic heterocycles. The zero-order valence-corrected chi connectivity index (χ0v) is 11.2. The van der Waals surface area contributed by atoms with Crippen LogP contribution in [0.1, 0.15) is 38.5 Å². The van der Waals surface area contributed by atoms with E-state index in [0.717, 1.165) is 25.7 Å². The second kappa shape index (κ2) is 5.88. The lowest BCUT2D eigenvalue weighted by Gasteiger charge is -2.35. The molecule has 5 N–H and O–H groups in total. The van der Waals surface area contributed by atoms with E-state index in [0.29, 0.717) is 26.1 Å². The topological polar surface area (TPSA) is 107 Å². The molecule has 0 bridgehead atoms. The number of nitrogens with one attached hydrogen (secondary N) is 1. The summed E-state index contributed by atoms with van der Waals surface area (Å²) in [7, 11) is 0. The third kappa shape index (κ3) is 3.45. The molecule has 0 atom stereocenters. The van der Waals surface area contributed by atoms with Crippen molar-refractivity contribution in [2.75, 3.05) is 13.2 Å². The Labute approximate surface area is 113 Å². The van der Waals surface area contributed by atoms with Crippen LogP contribution in [0.25, 0.3) is 0 Å². The van der Waals surface area contributed by atoms with Gasteiger partial charge in [-0.05, 0) is 38.5 Å². The van der Waals surface area contributed by atoms with Crippen molar-refractivity contribution in [1.82, 2.24) is 5.32 Å². The van der Waals surface area contributed by atoms with E-state index in [9.17, 15) is 9.59 Å². The zero-order chi connectivity index (χ0) is 13.9. The average Bonchev–Trinajstić information content (AvgIpc) is 2.40. The third-order valence-corrected chi connectivity index (χ3v) is 4.30. The molecule has 0 radical (unpaired) electrons. The Morgan fingerprint density at radius 1 is 1.11 bits per heavy atom. The van der Waals surface area contributed by atoms with Crippen molar-refractivity contribution in [3.63, 3.8) is 0 Å². The molecular weight excluding hydrogens is 246 g/mol. The monoisotopic (exact) mass is 269 g/mol. The minimum Gasteiger partial charge on any atom is -0.381 e. The van der Waals surface area contributed by atoms with E-state index in [4.69, 9.17) is 16.2 Å². The van der Waals surface area contributed by atoms with Gasteiger partial charge >= 0.3 is 0 Å². The van der Waals surface area contributed by atoms with Crippen LogP contribution in [-0.2, 0) is 14.3 Å². The quantitative estimate of drug-likeness (QED) is 0.651. The molecule has 2 rings (SSSR count). The summed E-state index contributed by atoms with van der Waals surface area (Å²) in [6, 6.07) is 0.117. The number of carbonyl (C=O) groups excluding carboxylic acids is 2. The summed E-state index contributed by atoms with van der Waals surface area (Å²) >= 11 is 0. The SMILES string of the molecule is NC(=O)C1CCC(NC(=O)C2(N)CCOCC2)CC1. The van der Waals surface area contributed by atoms with Crippen molar-refractivity contribution >= 4 is 11.8 Å². The second-order valence-corrected chi connectivity index (χ2v) is 5.69. The Morgan fingerprint density at radius 3 is 2.21 bits per heavy atom. The molecule has 2 aliphatic rings. The van der Waals surface area contributed by atoms with Crippen LogP contribution in [0.15, 0.2) is 0 Å². The predicted octanol–water partition coefficient (Wildman–Crippen LogP) is -0.345. The largest absolute Gasteiger partial charge is 0.381 e. The molecule has 2 amide bonds. The fourth-order valence-electron chi connectivity index (χ4n) is 2.81. The van der Waals surface area contributed by atoms with Gasteiger partial charge < -0.3 is 21.5 Å². The maximum absolute atomic E-state index is 12.2. The molecule has 108 valence electrons. The number of hydrogen-bond donors (Lipinski definition) is 3. The summed E-state index contributed by atoms with van der Waals surface area (Å²) in [5, 5.41) is 3.02. The molecule has 0 aromatic carbocycles. The van der Waals surface area contributed by atoms with Gasteiger partial charge in [0.1, 0.15) is 0 Å². The summed E-state index contributed by atoms with van der Waals surface area (Å²) < 4.78 is 5.23. The highest BCUT2D eigenvalue weighted by molar-refractivity contribution is 5.86. The Hall–Kier alpha value is -1.14. The van der Waals surface area contributed by atoms with Crippen molar-refractivity contribution in [3.05, 3.63) is 0 Å². The molecule has 6 nitrogen and oxygen atoms in total. The first-order valence-electron chi connectivity index (χ1n) is 6.98. The van der Waals surface area contributed by atoms with Gasteiger partial charge in [0.25, 0.3) is 0 Å². The summed E-state index contributed by atoms with van der Waals surface area (Å²) in [6.07, 6.45) is 4.23. The first kappa shape index (κ1) is 14.3. The van der Waals surface area contributed by atoms with Crippen molar-refractivity contribution in [2.24, 2.45) is 17.4 Å². The smallest absolute Gasteiger partial charge is 0.240 e. The van der Waals surface area contributed by atoms with Crippen LogP contribution in [0.2, 0.25) is 0 Å². The molecule has 19 heavy (non-hydrogen) atoms. The number of carbonyl (C=O) groups is 2. The number of nitrogens with two attached hydrogens (primary N) is 2. The van der Waals surface area contributed by atoms with E-state index in [1.165, 1.54) is 0 Å². The summed E-state index contributed by atoms with van der Waals surface area (Å²) in [6.45, 7) is 1.08. The number of hydrogen-bond acceptors (Lipinski definition) is 4. The molecular formula is C13H23N3O3. The van der Waals surface area contributed by atoms with E-state index in [-0.39, 0.29) is 23.8 Å². The highest BCUT2D eigenvalue weighted by atomic mass is 16.5. The van der Waals surface area contributed by atoms with Crippen molar-refractivity contribution < 1.29 is 14.3 Å². The normalized spacial score (nSPS) is 30.6. The Bertz CT molecular complexity index is 345. The number of primary amides is 1. The van der Waals surface area contributed by atoms with Crippen molar-refractivity contribution in [2.45, 2.75) is 50.1 Å². The van der Waals surface area contributed by atoms with Crippen molar-refractivity contribution in [3.8, 4) is 0 Å². The number of rotatable bonds is 3. The van der Waals surface area contributed by atoms with Crippen LogP contribution in [0.5, 0.6) is 0 Å². The van der Waals surface area contributed by atoms with Gasteiger partial charge in [-0.2, -0.15) is 0 Å². The minimum atomic E-state index is -0.793. The molecule has 0 spiro atoms. The van der Waals surface area contributed by atoms with E-state index < -0.39 is 5.54 Å². The number of amides is 2. The van der Waals surface area contributed by atoms with Crippen molar-refractivity contribution in [1.29, 1.82) is 0 Å². The van der Waals surface area contributed by atoms with E-state index in [2.05, 4.69) is 5.32 Å². The highest BCUT2D eigenvalue weighted by Gasteiger charge is 2.37. The fraction of sp³-hybridized carbons (Fsp3) is 0.846. The van der Waals surface area contributed by atoms with Crippen LogP contribution in [-0.4, -0.2) is 36.6 Å². The molecule has 1 saturated heterocycles. The lowest BCUT2D eigenvalue weighted by atomic mass is 9.84. The molecule has 1 heterocycles. The molecule has 1 aliphatic carbocycles. The van der Waals surface area contributed by atoms with Crippen LogP contribution in [0.3, 0.4) is 0 Å². The Balaban J connectivity index is 1.82. The van der Waals surface area contributed by atoms with E-state index >= 15 is 0 Å². The van der Waals surface area contributed by atoms with E-state index in [1.54, 1.807) is 0 Å². The van der Waals surface area contributed by atoms with Gasteiger partial charge in [-0.15, -0.1) is 0 Å².